The first-order chi connectivity index (χ1) is 10.7. The Balaban J connectivity index is 1.85. The monoisotopic (exact) mass is 358 g/mol. The fraction of sp³-hybridized carbons (Fsp3) is 0.118. The van der Waals surface area contributed by atoms with E-state index in [4.69, 9.17) is 4.74 Å². The summed E-state index contributed by atoms with van der Waals surface area (Å²) in [5, 5.41) is 14.6. The van der Waals surface area contributed by atoms with Crippen LogP contribution in [0.4, 0.5) is 0 Å². The van der Waals surface area contributed by atoms with Gasteiger partial charge in [0, 0.05) is 16.5 Å². The highest BCUT2D eigenvalue weighted by molar-refractivity contribution is 9.10. The van der Waals surface area contributed by atoms with Crippen LogP contribution in [0.15, 0.2) is 59.2 Å². The summed E-state index contributed by atoms with van der Waals surface area (Å²) >= 11 is 3.40. The molecule has 0 radical (unpaired) electrons. The van der Waals surface area contributed by atoms with Crippen LogP contribution in [-0.2, 0) is 6.42 Å². The third kappa shape index (κ3) is 2.99. The minimum absolute atomic E-state index is 0.165. The summed E-state index contributed by atoms with van der Waals surface area (Å²) in [4.78, 5) is 0. The Morgan fingerprint density at radius 3 is 2.41 bits per heavy atom. The van der Waals surface area contributed by atoms with E-state index >= 15 is 0 Å². The first-order valence-corrected chi connectivity index (χ1v) is 7.61. The molecule has 0 aliphatic rings. The van der Waals surface area contributed by atoms with E-state index in [1.165, 1.54) is 4.68 Å². The Hall–Kier alpha value is -2.27. The van der Waals surface area contributed by atoms with Gasteiger partial charge in [-0.1, -0.05) is 28.1 Å². The molecule has 0 spiro atoms. The van der Waals surface area contributed by atoms with Gasteiger partial charge in [-0.3, -0.25) is 0 Å². The fourth-order valence-corrected chi connectivity index (χ4v) is 2.50. The molecular weight excluding hydrogens is 344 g/mol. The summed E-state index contributed by atoms with van der Waals surface area (Å²) in [6.45, 7) is 0. The van der Waals surface area contributed by atoms with Crippen molar-refractivity contribution >= 4 is 15.9 Å². The van der Waals surface area contributed by atoms with Crippen molar-refractivity contribution in [1.82, 2.24) is 9.78 Å². The highest BCUT2D eigenvalue weighted by Gasteiger charge is 2.11. The van der Waals surface area contributed by atoms with Crippen molar-refractivity contribution in [3.8, 4) is 17.3 Å². The Kier molecular flexibility index (Phi) is 4.15. The predicted octanol–water partition coefficient (Wildman–Crippen LogP) is 3.94. The van der Waals surface area contributed by atoms with Gasteiger partial charge in [-0.2, -0.15) is 5.10 Å². The van der Waals surface area contributed by atoms with Gasteiger partial charge < -0.3 is 9.84 Å². The molecule has 22 heavy (non-hydrogen) atoms. The standard InChI is InChI=1S/C17H15BrN2O2/c1-22-16-8-2-12(3-9-16)10-13-11-19-20(17(13)21)15-6-4-14(18)5-7-15/h2-9,11,21H,10H2,1H3. The van der Waals surface area contributed by atoms with E-state index in [1.807, 2.05) is 48.5 Å². The van der Waals surface area contributed by atoms with Crippen molar-refractivity contribution in [2.24, 2.45) is 0 Å². The van der Waals surface area contributed by atoms with Crippen molar-refractivity contribution in [1.29, 1.82) is 0 Å². The largest absolute Gasteiger partial charge is 0.497 e. The van der Waals surface area contributed by atoms with Crippen molar-refractivity contribution in [2.45, 2.75) is 6.42 Å². The van der Waals surface area contributed by atoms with E-state index in [9.17, 15) is 5.11 Å². The van der Waals surface area contributed by atoms with Crippen molar-refractivity contribution in [3.63, 3.8) is 0 Å². The molecule has 0 unspecified atom stereocenters. The zero-order valence-corrected chi connectivity index (χ0v) is 13.6. The molecule has 2 aromatic carbocycles. The zero-order valence-electron chi connectivity index (χ0n) is 12.0. The predicted molar refractivity (Wildman–Crippen MR) is 88.7 cm³/mol. The second-order valence-corrected chi connectivity index (χ2v) is 5.82. The average molecular weight is 359 g/mol. The van der Waals surface area contributed by atoms with E-state index in [0.717, 1.165) is 27.0 Å². The number of rotatable bonds is 4. The molecule has 3 rings (SSSR count). The number of nitrogens with zero attached hydrogens (tertiary/aromatic N) is 2. The average Bonchev–Trinajstić information content (AvgIpc) is 2.90. The second-order valence-electron chi connectivity index (χ2n) is 4.91. The van der Waals surface area contributed by atoms with Crippen LogP contribution < -0.4 is 4.74 Å². The molecule has 0 bridgehead atoms. The fourth-order valence-electron chi connectivity index (χ4n) is 2.24. The third-order valence-corrected chi connectivity index (χ3v) is 3.97. The number of methoxy groups -OCH3 is 1. The number of hydrogen-bond donors (Lipinski definition) is 1. The maximum atomic E-state index is 10.4. The smallest absolute Gasteiger partial charge is 0.217 e. The van der Waals surface area contributed by atoms with Crippen LogP contribution in [0, 0.1) is 0 Å². The highest BCUT2D eigenvalue weighted by atomic mass is 79.9. The molecular formula is C17H15BrN2O2. The van der Waals surface area contributed by atoms with Gasteiger partial charge in [-0.15, -0.1) is 0 Å². The Labute approximate surface area is 137 Å². The minimum atomic E-state index is 0.165. The lowest BCUT2D eigenvalue weighted by Crippen LogP contribution is -1.95. The lowest BCUT2D eigenvalue weighted by molar-refractivity contribution is 0.414. The number of halogens is 1. The van der Waals surface area contributed by atoms with Gasteiger partial charge in [0.25, 0.3) is 0 Å². The van der Waals surface area contributed by atoms with Gasteiger partial charge in [0.05, 0.1) is 19.0 Å². The van der Waals surface area contributed by atoms with E-state index in [-0.39, 0.29) is 5.88 Å². The molecule has 0 atom stereocenters. The number of benzene rings is 2. The van der Waals surface area contributed by atoms with Crippen LogP contribution in [0.25, 0.3) is 5.69 Å². The molecule has 4 nitrogen and oxygen atoms in total. The van der Waals surface area contributed by atoms with Crippen LogP contribution in [0.3, 0.4) is 0 Å². The molecule has 1 heterocycles. The van der Waals surface area contributed by atoms with Gasteiger partial charge in [-0.05, 0) is 42.0 Å². The first kappa shape index (κ1) is 14.7. The third-order valence-electron chi connectivity index (χ3n) is 3.44. The maximum absolute atomic E-state index is 10.4. The van der Waals surface area contributed by atoms with Gasteiger partial charge in [0.2, 0.25) is 5.88 Å². The van der Waals surface area contributed by atoms with Gasteiger partial charge in [0.15, 0.2) is 0 Å². The normalized spacial score (nSPS) is 10.6. The molecule has 112 valence electrons. The van der Waals surface area contributed by atoms with E-state index in [0.29, 0.717) is 6.42 Å². The SMILES string of the molecule is COc1ccc(Cc2cnn(-c3ccc(Br)cc3)c2O)cc1. The van der Waals surface area contributed by atoms with E-state index < -0.39 is 0 Å². The quantitative estimate of drug-likeness (QED) is 0.768. The summed E-state index contributed by atoms with van der Waals surface area (Å²) < 4.78 is 7.67. The Bertz CT molecular complexity index is 764. The summed E-state index contributed by atoms with van der Waals surface area (Å²) in [7, 11) is 1.64. The van der Waals surface area contributed by atoms with Crippen molar-refractivity contribution in [3.05, 3.63) is 70.3 Å². The minimum Gasteiger partial charge on any atom is -0.497 e. The van der Waals surface area contributed by atoms with Gasteiger partial charge in [-0.25, -0.2) is 4.68 Å². The molecule has 1 N–H and O–H groups in total. The molecule has 1 aromatic heterocycles. The zero-order chi connectivity index (χ0) is 15.5. The maximum Gasteiger partial charge on any atom is 0.217 e. The first-order valence-electron chi connectivity index (χ1n) is 6.82. The van der Waals surface area contributed by atoms with Crippen LogP contribution in [0.2, 0.25) is 0 Å². The number of aromatic hydroxyl groups is 1. The number of aromatic nitrogens is 2. The topological polar surface area (TPSA) is 47.3 Å². The molecule has 3 aromatic rings. The van der Waals surface area contributed by atoms with Crippen LogP contribution in [-0.4, -0.2) is 22.0 Å². The lowest BCUT2D eigenvalue weighted by atomic mass is 10.1. The number of hydrogen-bond acceptors (Lipinski definition) is 3. The summed E-state index contributed by atoms with van der Waals surface area (Å²) in [6.07, 6.45) is 2.31. The van der Waals surface area contributed by atoms with Crippen LogP contribution in [0.5, 0.6) is 11.6 Å². The lowest BCUT2D eigenvalue weighted by Gasteiger charge is -2.05. The van der Waals surface area contributed by atoms with E-state index in [1.54, 1.807) is 13.3 Å². The van der Waals surface area contributed by atoms with Crippen LogP contribution >= 0.6 is 15.9 Å². The second kappa shape index (κ2) is 6.23. The molecule has 5 heteroatoms. The molecule has 0 saturated carbocycles. The molecule has 0 aliphatic heterocycles. The van der Waals surface area contributed by atoms with Crippen molar-refractivity contribution in [2.75, 3.05) is 7.11 Å². The van der Waals surface area contributed by atoms with Crippen LogP contribution in [0.1, 0.15) is 11.1 Å². The molecule has 0 fully saturated rings. The van der Waals surface area contributed by atoms with Crippen molar-refractivity contribution < 1.29 is 9.84 Å². The molecule has 0 saturated heterocycles. The van der Waals surface area contributed by atoms with E-state index in [2.05, 4.69) is 21.0 Å². The summed E-state index contributed by atoms with van der Waals surface area (Å²) in [5.74, 6) is 0.983. The Morgan fingerprint density at radius 1 is 1.09 bits per heavy atom. The summed E-state index contributed by atoms with van der Waals surface area (Å²) in [5.41, 5.74) is 2.70. The number of ether oxygens (including phenoxy) is 1. The highest BCUT2D eigenvalue weighted by Crippen LogP contribution is 2.25. The molecule has 0 aliphatic carbocycles. The molecule has 0 amide bonds. The van der Waals surface area contributed by atoms with Gasteiger partial charge >= 0.3 is 0 Å². The Morgan fingerprint density at radius 2 is 1.77 bits per heavy atom. The summed E-state index contributed by atoms with van der Waals surface area (Å²) in [6, 6.07) is 15.4. The van der Waals surface area contributed by atoms with Gasteiger partial charge in [0.1, 0.15) is 5.75 Å².